The molecule has 0 bridgehead atoms. The van der Waals surface area contributed by atoms with Crippen LogP contribution in [0.15, 0.2) is 18.2 Å². The minimum atomic E-state index is 0.249. The summed E-state index contributed by atoms with van der Waals surface area (Å²) in [4.78, 5) is 0. The van der Waals surface area contributed by atoms with Crippen molar-refractivity contribution in [2.75, 3.05) is 13.2 Å². The van der Waals surface area contributed by atoms with Crippen LogP contribution in [0.4, 0.5) is 0 Å². The van der Waals surface area contributed by atoms with Crippen molar-refractivity contribution in [1.82, 2.24) is 0 Å². The summed E-state index contributed by atoms with van der Waals surface area (Å²) in [6.07, 6.45) is 8.83. The molecule has 0 saturated heterocycles. The Labute approximate surface area is 110 Å². The fraction of sp³-hybridized carbons (Fsp3) is 0.625. The number of rotatable bonds is 4. The van der Waals surface area contributed by atoms with Gasteiger partial charge in [-0.05, 0) is 55.4 Å². The van der Waals surface area contributed by atoms with Gasteiger partial charge in [-0.2, -0.15) is 0 Å². The molecule has 98 valence electrons. The van der Waals surface area contributed by atoms with Gasteiger partial charge in [-0.15, -0.1) is 0 Å². The first-order valence-electron chi connectivity index (χ1n) is 7.26. The summed E-state index contributed by atoms with van der Waals surface area (Å²) in [5.74, 6) is 1.04. The van der Waals surface area contributed by atoms with Gasteiger partial charge >= 0.3 is 0 Å². The van der Waals surface area contributed by atoms with Crippen molar-refractivity contribution in [3.8, 4) is 5.75 Å². The van der Waals surface area contributed by atoms with Crippen LogP contribution >= 0.6 is 0 Å². The van der Waals surface area contributed by atoms with Crippen LogP contribution in [-0.4, -0.2) is 13.2 Å². The minimum Gasteiger partial charge on any atom is -0.493 e. The predicted octanol–water partition coefficient (Wildman–Crippen LogP) is 3.07. The van der Waals surface area contributed by atoms with Gasteiger partial charge in [0.05, 0.1) is 6.61 Å². The Morgan fingerprint density at radius 2 is 1.83 bits per heavy atom. The second kappa shape index (κ2) is 4.93. The first-order valence-corrected chi connectivity index (χ1v) is 7.26. The third-order valence-electron chi connectivity index (χ3n) is 4.71. The molecule has 1 aromatic rings. The summed E-state index contributed by atoms with van der Waals surface area (Å²) >= 11 is 0. The van der Waals surface area contributed by atoms with Gasteiger partial charge in [0, 0.05) is 12.0 Å². The molecule has 1 aromatic carbocycles. The highest BCUT2D eigenvalue weighted by atomic mass is 16.5. The van der Waals surface area contributed by atoms with E-state index in [4.69, 9.17) is 10.5 Å². The van der Waals surface area contributed by atoms with Crippen LogP contribution in [-0.2, 0) is 12.8 Å². The summed E-state index contributed by atoms with van der Waals surface area (Å²) in [5, 5.41) is 0. The molecule has 0 unspecified atom stereocenters. The molecule has 2 aliphatic rings. The third kappa shape index (κ3) is 2.26. The van der Waals surface area contributed by atoms with Crippen LogP contribution in [0.5, 0.6) is 5.75 Å². The van der Waals surface area contributed by atoms with E-state index in [1.165, 1.54) is 56.1 Å². The summed E-state index contributed by atoms with van der Waals surface area (Å²) in [6.45, 7) is 1.56. The van der Waals surface area contributed by atoms with E-state index < -0.39 is 0 Å². The summed E-state index contributed by atoms with van der Waals surface area (Å²) in [7, 11) is 0. The van der Waals surface area contributed by atoms with E-state index >= 15 is 0 Å². The van der Waals surface area contributed by atoms with Crippen molar-refractivity contribution in [1.29, 1.82) is 0 Å². The van der Waals surface area contributed by atoms with E-state index in [1.54, 1.807) is 0 Å². The number of benzene rings is 1. The van der Waals surface area contributed by atoms with Crippen LogP contribution < -0.4 is 10.5 Å². The zero-order valence-electron chi connectivity index (χ0n) is 11.1. The molecule has 1 saturated carbocycles. The van der Waals surface area contributed by atoms with Gasteiger partial charge in [-0.1, -0.05) is 18.9 Å². The quantitative estimate of drug-likeness (QED) is 0.884. The van der Waals surface area contributed by atoms with Crippen LogP contribution in [0.1, 0.15) is 43.2 Å². The van der Waals surface area contributed by atoms with E-state index in [-0.39, 0.29) is 5.41 Å². The average Bonchev–Trinajstić information content (AvgIpc) is 3.05. The third-order valence-corrected chi connectivity index (χ3v) is 4.71. The summed E-state index contributed by atoms with van der Waals surface area (Å²) < 4.78 is 6.03. The molecular formula is C16H23NO. The molecule has 2 N–H and O–H groups in total. The van der Waals surface area contributed by atoms with Gasteiger partial charge in [-0.3, -0.25) is 0 Å². The van der Waals surface area contributed by atoms with E-state index in [2.05, 4.69) is 18.2 Å². The van der Waals surface area contributed by atoms with E-state index in [9.17, 15) is 0 Å². The molecule has 3 rings (SSSR count). The number of ether oxygens (including phenoxy) is 1. The highest BCUT2D eigenvalue weighted by molar-refractivity contribution is 5.38. The van der Waals surface area contributed by atoms with Crippen molar-refractivity contribution in [3.63, 3.8) is 0 Å². The molecule has 0 radical (unpaired) electrons. The van der Waals surface area contributed by atoms with Crippen molar-refractivity contribution in [2.24, 2.45) is 11.1 Å². The largest absolute Gasteiger partial charge is 0.493 e. The Morgan fingerprint density at radius 3 is 2.61 bits per heavy atom. The molecule has 0 atom stereocenters. The zero-order valence-corrected chi connectivity index (χ0v) is 11.1. The van der Waals surface area contributed by atoms with E-state index in [0.717, 1.165) is 18.9 Å². The lowest BCUT2D eigenvalue weighted by Gasteiger charge is -2.27. The van der Waals surface area contributed by atoms with Gasteiger partial charge in [0.15, 0.2) is 0 Å². The maximum absolute atomic E-state index is 6.03. The molecule has 0 amide bonds. The van der Waals surface area contributed by atoms with Gasteiger partial charge in [-0.25, -0.2) is 0 Å². The Kier molecular flexibility index (Phi) is 3.29. The number of aryl methyl sites for hydroxylation is 2. The van der Waals surface area contributed by atoms with Gasteiger partial charge in [0.1, 0.15) is 5.75 Å². The maximum Gasteiger partial charge on any atom is 0.119 e. The van der Waals surface area contributed by atoms with Crippen molar-refractivity contribution in [3.05, 3.63) is 29.3 Å². The smallest absolute Gasteiger partial charge is 0.119 e. The molecule has 0 heterocycles. The molecule has 2 heteroatoms. The minimum absolute atomic E-state index is 0.249. The molecule has 2 nitrogen and oxygen atoms in total. The first kappa shape index (κ1) is 12.0. The zero-order chi connectivity index (χ0) is 12.4. The summed E-state index contributed by atoms with van der Waals surface area (Å²) in [5.41, 5.74) is 9.19. The van der Waals surface area contributed by atoms with Crippen LogP contribution in [0.2, 0.25) is 0 Å². The Morgan fingerprint density at radius 1 is 1.06 bits per heavy atom. The molecule has 0 spiro atoms. The molecular weight excluding hydrogens is 222 g/mol. The van der Waals surface area contributed by atoms with Crippen molar-refractivity contribution in [2.45, 2.75) is 44.9 Å². The fourth-order valence-electron chi connectivity index (χ4n) is 3.41. The molecule has 18 heavy (non-hydrogen) atoms. The predicted molar refractivity (Wildman–Crippen MR) is 73.9 cm³/mol. The highest BCUT2D eigenvalue weighted by Gasteiger charge is 2.33. The topological polar surface area (TPSA) is 35.2 Å². The Balaban J connectivity index is 1.66. The average molecular weight is 245 g/mol. The van der Waals surface area contributed by atoms with Gasteiger partial charge < -0.3 is 10.5 Å². The van der Waals surface area contributed by atoms with Crippen molar-refractivity contribution < 1.29 is 4.74 Å². The SMILES string of the molecule is NCC1(COc2ccc3c(c2)CCC3)CCCC1. The number of hydrogen-bond donors (Lipinski definition) is 1. The normalized spacial score (nSPS) is 20.9. The molecule has 0 aromatic heterocycles. The number of fused-ring (bicyclic) bond motifs is 1. The first-order chi connectivity index (χ1) is 8.81. The highest BCUT2D eigenvalue weighted by Crippen LogP contribution is 2.37. The number of hydrogen-bond acceptors (Lipinski definition) is 2. The Bertz CT molecular complexity index is 421. The number of nitrogens with two attached hydrogens (primary N) is 1. The maximum atomic E-state index is 6.03. The van der Waals surface area contributed by atoms with Crippen LogP contribution in [0, 0.1) is 5.41 Å². The molecule has 1 fully saturated rings. The summed E-state index contributed by atoms with van der Waals surface area (Å²) in [6, 6.07) is 6.60. The lowest BCUT2D eigenvalue weighted by molar-refractivity contribution is 0.157. The lowest BCUT2D eigenvalue weighted by atomic mass is 9.87. The monoisotopic (exact) mass is 245 g/mol. The lowest BCUT2D eigenvalue weighted by Crippen LogP contribution is -2.33. The van der Waals surface area contributed by atoms with Gasteiger partial charge in [0.2, 0.25) is 0 Å². The fourth-order valence-corrected chi connectivity index (χ4v) is 3.41. The van der Waals surface area contributed by atoms with Gasteiger partial charge in [0.25, 0.3) is 0 Å². The standard InChI is InChI=1S/C16H23NO/c17-11-16(8-1-2-9-16)12-18-15-7-6-13-4-3-5-14(13)10-15/h6-7,10H,1-5,8-9,11-12,17H2. The van der Waals surface area contributed by atoms with Crippen LogP contribution in [0.25, 0.3) is 0 Å². The van der Waals surface area contributed by atoms with E-state index in [0.29, 0.717) is 0 Å². The second-order valence-corrected chi connectivity index (χ2v) is 5.98. The van der Waals surface area contributed by atoms with Crippen LogP contribution in [0.3, 0.4) is 0 Å². The second-order valence-electron chi connectivity index (χ2n) is 5.98. The Hall–Kier alpha value is -1.02. The van der Waals surface area contributed by atoms with Crippen molar-refractivity contribution >= 4 is 0 Å². The molecule has 0 aliphatic heterocycles. The van der Waals surface area contributed by atoms with E-state index in [1.807, 2.05) is 0 Å². The molecule has 2 aliphatic carbocycles.